The van der Waals surface area contributed by atoms with Crippen LogP contribution >= 0.6 is 23.2 Å². The lowest BCUT2D eigenvalue weighted by Crippen LogP contribution is -2.35. The van der Waals surface area contributed by atoms with E-state index in [1.807, 2.05) is 58.0 Å². The van der Waals surface area contributed by atoms with Crippen molar-refractivity contribution in [1.29, 1.82) is 0 Å². The summed E-state index contributed by atoms with van der Waals surface area (Å²) in [4.78, 5) is 23.5. The van der Waals surface area contributed by atoms with Crippen molar-refractivity contribution in [3.63, 3.8) is 0 Å². The smallest absolute Gasteiger partial charge is 0.356 e. The largest absolute Gasteiger partial charge is 0.493 e. The average Bonchev–Trinajstić information content (AvgIpc) is 3.64. The summed E-state index contributed by atoms with van der Waals surface area (Å²) in [5.41, 5.74) is 3.79. The Balaban J connectivity index is 0.000000294. The number of aromatic carboxylic acids is 1. The summed E-state index contributed by atoms with van der Waals surface area (Å²) in [5, 5.41) is 21.6. The van der Waals surface area contributed by atoms with Crippen molar-refractivity contribution in [3.8, 4) is 11.5 Å². The SMILES string of the molecule is CCOC(CNC(=O)c1cc(C)n(Cc2cc(Cl)ccc2OCC(C)C)n1)OCC.Cc1cc(C(=O)O)nn1Cc1cc(Cl)ccc1OCC(C)C. The molecule has 0 aliphatic rings. The maximum atomic E-state index is 12.5. The van der Waals surface area contributed by atoms with E-state index in [4.69, 9.17) is 47.3 Å². The minimum absolute atomic E-state index is 0.0316. The lowest BCUT2D eigenvalue weighted by molar-refractivity contribution is -0.131. The highest BCUT2D eigenvalue weighted by Gasteiger charge is 2.17. The van der Waals surface area contributed by atoms with Crippen LogP contribution in [-0.4, -0.2) is 75.8 Å². The monoisotopic (exact) mass is 759 g/mol. The first-order chi connectivity index (χ1) is 24.7. The van der Waals surface area contributed by atoms with Gasteiger partial charge in [-0.05, 0) is 88.1 Å². The molecular formula is C38H51Cl2N5O7. The number of rotatable bonds is 18. The van der Waals surface area contributed by atoms with Crippen LogP contribution in [0.4, 0.5) is 0 Å². The lowest BCUT2D eigenvalue weighted by atomic mass is 10.2. The Hall–Kier alpha value is -4.10. The number of carbonyl (C=O) groups excluding carboxylic acids is 1. The first-order valence-corrected chi connectivity index (χ1v) is 18.1. The Morgan fingerprint density at radius 2 is 1.19 bits per heavy atom. The molecule has 2 N–H and O–H groups in total. The third-order valence-corrected chi connectivity index (χ3v) is 7.85. The number of benzene rings is 2. The molecule has 0 aliphatic heterocycles. The van der Waals surface area contributed by atoms with E-state index in [1.54, 1.807) is 27.6 Å². The molecule has 4 rings (SSSR count). The van der Waals surface area contributed by atoms with Crippen LogP contribution < -0.4 is 14.8 Å². The van der Waals surface area contributed by atoms with Gasteiger partial charge in [-0.1, -0.05) is 50.9 Å². The Morgan fingerprint density at radius 1 is 0.750 bits per heavy atom. The summed E-state index contributed by atoms with van der Waals surface area (Å²) in [6.45, 7) is 19.2. The van der Waals surface area contributed by atoms with Crippen LogP contribution in [0, 0.1) is 25.7 Å². The molecule has 0 bridgehead atoms. The van der Waals surface area contributed by atoms with Crippen molar-refractivity contribution < 1.29 is 33.6 Å². The summed E-state index contributed by atoms with van der Waals surface area (Å²) in [6, 6.07) is 14.3. The fourth-order valence-corrected chi connectivity index (χ4v) is 5.21. The van der Waals surface area contributed by atoms with Crippen LogP contribution in [0.3, 0.4) is 0 Å². The summed E-state index contributed by atoms with van der Waals surface area (Å²) >= 11 is 12.3. The van der Waals surface area contributed by atoms with Crippen molar-refractivity contribution in [2.45, 2.75) is 74.8 Å². The van der Waals surface area contributed by atoms with E-state index in [9.17, 15) is 9.59 Å². The van der Waals surface area contributed by atoms with Gasteiger partial charge in [-0.2, -0.15) is 10.2 Å². The van der Waals surface area contributed by atoms with Gasteiger partial charge in [-0.25, -0.2) is 4.79 Å². The molecule has 0 saturated heterocycles. The molecule has 1 amide bonds. The van der Waals surface area contributed by atoms with Crippen LogP contribution in [0.15, 0.2) is 48.5 Å². The summed E-state index contributed by atoms with van der Waals surface area (Å²) in [7, 11) is 0. The number of hydrogen-bond acceptors (Lipinski definition) is 8. The highest BCUT2D eigenvalue weighted by atomic mass is 35.5. The molecular weight excluding hydrogens is 709 g/mol. The zero-order valence-corrected chi connectivity index (χ0v) is 32.8. The molecule has 0 atom stereocenters. The number of halogens is 2. The minimum Gasteiger partial charge on any atom is -0.493 e. The van der Waals surface area contributed by atoms with E-state index in [-0.39, 0.29) is 18.1 Å². The number of hydrogen-bond donors (Lipinski definition) is 2. The van der Waals surface area contributed by atoms with Crippen LogP contribution in [0.25, 0.3) is 0 Å². The highest BCUT2D eigenvalue weighted by molar-refractivity contribution is 6.31. The van der Waals surface area contributed by atoms with Crippen molar-refractivity contribution in [2.75, 3.05) is 33.0 Å². The fourth-order valence-electron chi connectivity index (χ4n) is 4.82. The topological polar surface area (TPSA) is 139 Å². The average molecular weight is 761 g/mol. The van der Waals surface area contributed by atoms with E-state index in [1.165, 1.54) is 0 Å². The third kappa shape index (κ3) is 13.5. The van der Waals surface area contributed by atoms with E-state index in [2.05, 4.69) is 43.2 Å². The second-order valence-electron chi connectivity index (χ2n) is 12.9. The molecule has 0 aliphatic carbocycles. The number of nitrogens with one attached hydrogen (secondary N) is 1. The minimum atomic E-state index is -1.04. The normalized spacial score (nSPS) is 11.2. The zero-order valence-electron chi connectivity index (χ0n) is 31.2. The molecule has 52 heavy (non-hydrogen) atoms. The van der Waals surface area contributed by atoms with Gasteiger partial charge < -0.3 is 29.4 Å². The molecule has 284 valence electrons. The lowest BCUT2D eigenvalue weighted by Gasteiger charge is -2.16. The number of ether oxygens (including phenoxy) is 4. The molecule has 0 saturated carbocycles. The predicted molar refractivity (Wildman–Crippen MR) is 202 cm³/mol. The molecule has 2 heterocycles. The molecule has 2 aromatic heterocycles. The van der Waals surface area contributed by atoms with E-state index < -0.39 is 12.3 Å². The Labute approximate surface area is 316 Å². The summed E-state index contributed by atoms with van der Waals surface area (Å²) < 4.78 is 26.0. The van der Waals surface area contributed by atoms with Crippen molar-refractivity contribution >= 4 is 35.1 Å². The van der Waals surface area contributed by atoms with Crippen LogP contribution in [0.1, 0.15) is 85.0 Å². The Kier molecular flexibility index (Phi) is 16.9. The van der Waals surface area contributed by atoms with Gasteiger partial charge in [-0.15, -0.1) is 0 Å². The number of nitrogens with zero attached hydrogens (tertiary/aromatic N) is 4. The molecule has 4 aromatic rings. The maximum Gasteiger partial charge on any atom is 0.356 e. The fraction of sp³-hybridized carbons (Fsp3) is 0.474. The number of amides is 1. The predicted octanol–water partition coefficient (Wildman–Crippen LogP) is 7.68. The van der Waals surface area contributed by atoms with Crippen LogP contribution in [-0.2, 0) is 22.6 Å². The molecule has 14 heteroatoms. The van der Waals surface area contributed by atoms with Gasteiger partial charge in [-0.3, -0.25) is 14.2 Å². The van der Waals surface area contributed by atoms with Crippen molar-refractivity contribution in [2.24, 2.45) is 11.8 Å². The first-order valence-electron chi connectivity index (χ1n) is 17.4. The quantitative estimate of drug-likeness (QED) is 0.0978. The van der Waals surface area contributed by atoms with Crippen molar-refractivity contribution in [3.05, 3.63) is 92.5 Å². The van der Waals surface area contributed by atoms with Gasteiger partial charge >= 0.3 is 5.97 Å². The van der Waals surface area contributed by atoms with Gasteiger partial charge in [0, 0.05) is 45.8 Å². The maximum absolute atomic E-state index is 12.5. The van der Waals surface area contributed by atoms with Crippen LogP contribution in [0.5, 0.6) is 11.5 Å². The summed E-state index contributed by atoms with van der Waals surface area (Å²) in [6.07, 6.45) is -0.473. The van der Waals surface area contributed by atoms with E-state index in [0.717, 1.165) is 34.0 Å². The van der Waals surface area contributed by atoms with Gasteiger partial charge in [0.1, 0.15) is 17.2 Å². The molecule has 0 radical (unpaired) electrons. The van der Waals surface area contributed by atoms with Crippen molar-refractivity contribution in [1.82, 2.24) is 24.9 Å². The standard InChI is InChI=1S/C22H32ClN3O4.C16H19ClN2O3/c1-6-28-21(29-7-2)12-24-22(27)19-10-16(5)26(25-19)13-17-11-18(23)8-9-20(17)30-14-15(3)4;1-10(2)9-22-15-5-4-13(17)7-12(15)8-19-11(3)6-14(18-19)16(20)21/h8-11,15,21H,6-7,12-14H2,1-5H3,(H,24,27);4-7,10H,8-9H2,1-3H3,(H,20,21). The molecule has 0 spiro atoms. The Bertz CT molecular complexity index is 1750. The number of carboxylic acids is 1. The summed E-state index contributed by atoms with van der Waals surface area (Å²) in [5.74, 6) is 1.02. The van der Waals surface area contributed by atoms with Gasteiger partial charge in [0.2, 0.25) is 0 Å². The number of aromatic nitrogens is 4. The van der Waals surface area contributed by atoms with Crippen LogP contribution in [0.2, 0.25) is 10.0 Å². The highest BCUT2D eigenvalue weighted by Crippen LogP contribution is 2.26. The second kappa shape index (κ2) is 20.8. The van der Waals surface area contributed by atoms with E-state index in [0.29, 0.717) is 67.1 Å². The first kappa shape index (κ1) is 42.3. The van der Waals surface area contributed by atoms with Gasteiger partial charge in [0.15, 0.2) is 12.0 Å². The number of carboxylic acid groups (broad SMARTS) is 1. The van der Waals surface area contributed by atoms with Gasteiger partial charge in [0.25, 0.3) is 5.91 Å². The molecule has 0 fully saturated rings. The van der Waals surface area contributed by atoms with Gasteiger partial charge in [0.05, 0.1) is 32.8 Å². The number of carbonyl (C=O) groups is 2. The van der Waals surface area contributed by atoms with E-state index >= 15 is 0 Å². The zero-order chi connectivity index (χ0) is 38.4. The molecule has 0 unspecified atom stereocenters. The Morgan fingerprint density at radius 3 is 1.60 bits per heavy atom. The number of aryl methyl sites for hydroxylation is 2. The third-order valence-electron chi connectivity index (χ3n) is 7.38. The molecule has 2 aromatic carbocycles. The molecule has 12 nitrogen and oxygen atoms in total. The second-order valence-corrected chi connectivity index (χ2v) is 13.8.